The lowest BCUT2D eigenvalue weighted by atomic mass is 10.1. The maximum absolute atomic E-state index is 12.0. The molecule has 3 N–H and O–H groups in total. The Bertz CT molecular complexity index is 613. The first kappa shape index (κ1) is 13.4. The molecule has 4 nitrogen and oxygen atoms in total. The standard InChI is InChI=1S/C14H12ClNO3/c15-11-7-9(5-6-13(11)18)14(19)16-12-4-2-1-3-10(12)8-17/h1-7,17-18H,8H2,(H,16,19). The van der Waals surface area contributed by atoms with Crippen LogP contribution < -0.4 is 5.32 Å². The number of benzene rings is 2. The Morgan fingerprint density at radius 3 is 2.63 bits per heavy atom. The Balaban J connectivity index is 2.23. The van der Waals surface area contributed by atoms with Crippen LogP contribution in [0.1, 0.15) is 15.9 Å². The summed E-state index contributed by atoms with van der Waals surface area (Å²) in [5.74, 6) is -0.434. The summed E-state index contributed by atoms with van der Waals surface area (Å²) in [7, 11) is 0. The van der Waals surface area contributed by atoms with Crippen LogP contribution in [0.15, 0.2) is 42.5 Å². The van der Waals surface area contributed by atoms with E-state index < -0.39 is 0 Å². The minimum absolute atomic E-state index is 0.0750. The van der Waals surface area contributed by atoms with Crippen molar-refractivity contribution in [3.8, 4) is 5.75 Å². The molecule has 1 amide bonds. The van der Waals surface area contributed by atoms with Gasteiger partial charge in [-0.2, -0.15) is 0 Å². The van der Waals surface area contributed by atoms with Crippen LogP contribution in [0.2, 0.25) is 5.02 Å². The Labute approximate surface area is 115 Å². The summed E-state index contributed by atoms with van der Waals surface area (Å²) in [6.45, 7) is -0.160. The highest BCUT2D eigenvalue weighted by atomic mass is 35.5. The van der Waals surface area contributed by atoms with Crippen LogP contribution in [0.3, 0.4) is 0 Å². The van der Waals surface area contributed by atoms with Crippen molar-refractivity contribution in [3.05, 3.63) is 58.6 Å². The molecule has 0 atom stereocenters. The Morgan fingerprint density at radius 2 is 1.95 bits per heavy atom. The maximum Gasteiger partial charge on any atom is 0.255 e. The predicted octanol–water partition coefficient (Wildman–Crippen LogP) is 2.79. The quantitative estimate of drug-likeness (QED) is 0.808. The number of aliphatic hydroxyl groups is 1. The minimum Gasteiger partial charge on any atom is -0.506 e. The number of para-hydroxylation sites is 1. The summed E-state index contributed by atoms with van der Waals surface area (Å²) in [6, 6.07) is 11.2. The van der Waals surface area contributed by atoms with Gasteiger partial charge in [0.2, 0.25) is 0 Å². The first-order valence-corrected chi connectivity index (χ1v) is 5.98. The van der Waals surface area contributed by atoms with E-state index in [1.807, 2.05) is 0 Å². The van der Waals surface area contributed by atoms with Crippen molar-refractivity contribution >= 4 is 23.2 Å². The first-order valence-electron chi connectivity index (χ1n) is 5.60. The average Bonchev–Trinajstić information content (AvgIpc) is 2.42. The third-order valence-corrected chi connectivity index (χ3v) is 2.95. The van der Waals surface area contributed by atoms with Crippen LogP contribution in [0.25, 0.3) is 0 Å². The zero-order valence-electron chi connectivity index (χ0n) is 9.93. The molecule has 0 aliphatic heterocycles. The topological polar surface area (TPSA) is 69.6 Å². The van der Waals surface area contributed by atoms with E-state index in [2.05, 4.69) is 5.32 Å². The monoisotopic (exact) mass is 277 g/mol. The van der Waals surface area contributed by atoms with Gasteiger partial charge in [0.1, 0.15) is 5.75 Å². The second kappa shape index (κ2) is 5.73. The Hall–Kier alpha value is -2.04. The van der Waals surface area contributed by atoms with Crippen molar-refractivity contribution < 1.29 is 15.0 Å². The van der Waals surface area contributed by atoms with Gasteiger partial charge in [0.05, 0.1) is 11.6 Å². The summed E-state index contributed by atoms with van der Waals surface area (Å²) in [5.41, 5.74) is 1.50. The van der Waals surface area contributed by atoms with Gasteiger partial charge in [0.25, 0.3) is 5.91 Å². The van der Waals surface area contributed by atoms with E-state index in [1.165, 1.54) is 18.2 Å². The summed E-state index contributed by atoms with van der Waals surface area (Å²) < 4.78 is 0. The van der Waals surface area contributed by atoms with Crippen LogP contribution in [0.4, 0.5) is 5.69 Å². The third kappa shape index (κ3) is 3.05. The summed E-state index contributed by atoms with van der Waals surface area (Å²) in [4.78, 5) is 12.0. The molecule has 0 spiro atoms. The van der Waals surface area contributed by atoms with E-state index in [-0.39, 0.29) is 23.3 Å². The lowest BCUT2D eigenvalue weighted by Crippen LogP contribution is -2.13. The number of hydrogen-bond acceptors (Lipinski definition) is 3. The molecule has 0 fully saturated rings. The summed E-state index contributed by atoms with van der Waals surface area (Å²) in [6.07, 6.45) is 0. The molecule has 98 valence electrons. The fourth-order valence-electron chi connectivity index (χ4n) is 1.62. The third-order valence-electron chi connectivity index (χ3n) is 2.65. The summed E-state index contributed by atoms with van der Waals surface area (Å²) in [5, 5.41) is 21.3. The van der Waals surface area contributed by atoms with Gasteiger partial charge < -0.3 is 15.5 Å². The molecule has 0 aromatic heterocycles. The van der Waals surface area contributed by atoms with Crippen LogP contribution in [0, 0.1) is 0 Å². The zero-order valence-corrected chi connectivity index (χ0v) is 10.7. The predicted molar refractivity (Wildman–Crippen MR) is 73.4 cm³/mol. The number of carbonyl (C=O) groups is 1. The molecule has 5 heteroatoms. The second-order valence-corrected chi connectivity index (χ2v) is 4.34. The van der Waals surface area contributed by atoms with Crippen LogP contribution in [0.5, 0.6) is 5.75 Å². The highest BCUT2D eigenvalue weighted by Crippen LogP contribution is 2.24. The van der Waals surface area contributed by atoms with E-state index in [9.17, 15) is 15.0 Å². The molecule has 2 aromatic rings. The van der Waals surface area contributed by atoms with Crippen molar-refractivity contribution in [3.63, 3.8) is 0 Å². The van der Waals surface area contributed by atoms with E-state index in [4.69, 9.17) is 11.6 Å². The molecular formula is C14H12ClNO3. The SMILES string of the molecule is O=C(Nc1ccccc1CO)c1ccc(O)c(Cl)c1. The van der Waals surface area contributed by atoms with E-state index in [0.717, 1.165) is 0 Å². The maximum atomic E-state index is 12.0. The number of aromatic hydroxyl groups is 1. The second-order valence-electron chi connectivity index (χ2n) is 3.94. The lowest BCUT2D eigenvalue weighted by molar-refractivity contribution is 0.102. The number of phenolic OH excluding ortho intramolecular Hbond substituents is 1. The van der Waals surface area contributed by atoms with Gasteiger partial charge in [0, 0.05) is 16.8 Å². The fraction of sp³-hybridized carbons (Fsp3) is 0.0714. The number of rotatable bonds is 3. The summed E-state index contributed by atoms with van der Waals surface area (Å²) >= 11 is 5.75. The van der Waals surface area contributed by atoms with Crippen molar-refractivity contribution in [2.45, 2.75) is 6.61 Å². The normalized spacial score (nSPS) is 10.2. The van der Waals surface area contributed by atoms with Crippen LogP contribution in [-0.4, -0.2) is 16.1 Å². The minimum atomic E-state index is -0.359. The number of phenols is 1. The van der Waals surface area contributed by atoms with E-state index in [0.29, 0.717) is 16.8 Å². The van der Waals surface area contributed by atoms with Crippen molar-refractivity contribution in [1.29, 1.82) is 0 Å². The molecule has 0 bridgehead atoms. The molecule has 0 unspecified atom stereocenters. The Kier molecular flexibility index (Phi) is 4.04. The van der Waals surface area contributed by atoms with Gasteiger partial charge in [-0.05, 0) is 24.3 Å². The molecule has 2 aromatic carbocycles. The largest absolute Gasteiger partial charge is 0.506 e. The number of aliphatic hydroxyl groups excluding tert-OH is 1. The number of halogens is 1. The molecule has 0 radical (unpaired) electrons. The highest BCUT2D eigenvalue weighted by molar-refractivity contribution is 6.32. The van der Waals surface area contributed by atoms with Gasteiger partial charge in [0.15, 0.2) is 0 Å². The number of carbonyl (C=O) groups excluding carboxylic acids is 1. The number of amides is 1. The zero-order chi connectivity index (χ0) is 13.8. The average molecular weight is 278 g/mol. The van der Waals surface area contributed by atoms with Gasteiger partial charge in [-0.1, -0.05) is 29.8 Å². The molecule has 19 heavy (non-hydrogen) atoms. The fourth-order valence-corrected chi connectivity index (χ4v) is 1.80. The van der Waals surface area contributed by atoms with Gasteiger partial charge in [-0.3, -0.25) is 4.79 Å². The van der Waals surface area contributed by atoms with Crippen molar-refractivity contribution in [2.24, 2.45) is 0 Å². The van der Waals surface area contributed by atoms with E-state index in [1.54, 1.807) is 24.3 Å². The smallest absolute Gasteiger partial charge is 0.255 e. The number of nitrogens with one attached hydrogen (secondary N) is 1. The number of hydrogen-bond donors (Lipinski definition) is 3. The molecule has 2 rings (SSSR count). The molecule has 0 aliphatic carbocycles. The highest BCUT2D eigenvalue weighted by Gasteiger charge is 2.10. The molecule has 0 heterocycles. The van der Waals surface area contributed by atoms with Gasteiger partial charge in [-0.15, -0.1) is 0 Å². The molecular weight excluding hydrogens is 266 g/mol. The molecule has 0 aliphatic rings. The molecule has 0 saturated carbocycles. The lowest BCUT2D eigenvalue weighted by Gasteiger charge is -2.09. The van der Waals surface area contributed by atoms with Crippen LogP contribution >= 0.6 is 11.6 Å². The van der Waals surface area contributed by atoms with Crippen molar-refractivity contribution in [1.82, 2.24) is 0 Å². The van der Waals surface area contributed by atoms with Crippen molar-refractivity contribution in [2.75, 3.05) is 5.32 Å². The van der Waals surface area contributed by atoms with Gasteiger partial charge >= 0.3 is 0 Å². The first-order chi connectivity index (χ1) is 9.11. The van der Waals surface area contributed by atoms with E-state index >= 15 is 0 Å². The van der Waals surface area contributed by atoms with Gasteiger partial charge in [-0.25, -0.2) is 0 Å². The molecule has 0 saturated heterocycles. The number of anilines is 1. The van der Waals surface area contributed by atoms with Crippen LogP contribution in [-0.2, 0) is 6.61 Å². The Morgan fingerprint density at radius 1 is 1.21 bits per heavy atom.